The van der Waals surface area contributed by atoms with Crippen molar-refractivity contribution in [3.8, 4) is 0 Å². The van der Waals surface area contributed by atoms with E-state index in [1.807, 2.05) is 0 Å². The van der Waals surface area contributed by atoms with E-state index in [0.29, 0.717) is 18.6 Å². The largest absolute Gasteiger partial charge is 0.455 e. The van der Waals surface area contributed by atoms with Crippen LogP contribution in [0.3, 0.4) is 0 Å². The molecule has 1 aliphatic carbocycles. The number of rotatable bonds is 1. The second kappa shape index (κ2) is 3.95. The van der Waals surface area contributed by atoms with Gasteiger partial charge in [0, 0.05) is 24.8 Å². The molecule has 0 amide bonds. The van der Waals surface area contributed by atoms with E-state index in [4.69, 9.17) is 4.74 Å². The van der Waals surface area contributed by atoms with Crippen molar-refractivity contribution in [3.05, 3.63) is 12.2 Å². The number of esters is 1. The fraction of sp³-hybridized carbons (Fsp3) is 0.636. The van der Waals surface area contributed by atoms with Gasteiger partial charge in [0.15, 0.2) is 0 Å². The second-order valence-corrected chi connectivity index (χ2v) is 4.01. The second-order valence-electron chi connectivity index (χ2n) is 4.01. The van der Waals surface area contributed by atoms with Crippen molar-refractivity contribution in [2.75, 3.05) is 0 Å². The molecule has 3 heteroatoms. The molecule has 1 heterocycles. The van der Waals surface area contributed by atoms with E-state index in [-0.39, 0.29) is 18.0 Å². The summed E-state index contributed by atoms with van der Waals surface area (Å²) >= 11 is 0. The van der Waals surface area contributed by atoms with Crippen LogP contribution in [0, 0.1) is 5.92 Å². The number of Topliss-reactive ketones (excluding diaryl/α,β-unsaturated/α-hetero) is 1. The molecular weight excluding hydrogens is 180 g/mol. The maximum Gasteiger partial charge on any atom is 0.331 e. The lowest BCUT2D eigenvalue weighted by molar-refractivity contribution is -0.141. The van der Waals surface area contributed by atoms with Gasteiger partial charge in [-0.05, 0) is 18.9 Å². The Bertz CT molecular complexity index is 280. The van der Waals surface area contributed by atoms with Gasteiger partial charge in [-0.3, -0.25) is 4.79 Å². The molecule has 2 unspecified atom stereocenters. The molecule has 2 atom stereocenters. The molecule has 0 saturated heterocycles. The maximum absolute atomic E-state index is 11.4. The Morgan fingerprint density at radius 2 is 2.14 bits per heavy atom. The fourth-order valence-corrected chi connectivity index (χ4v) is 2.15. The molecule has 0 N–H and O–H groups in total. The SMILES string of the molecule is O=C1CCCCC(C2C=CC(=O)O2)C1. The molecule has 3 nitrogen and oxygen atoms in total. The first-order valence-corrected chi connectivity index (χ1v) is 5.16. The van der Waals surface area contributed by atoms with Gasteiger partial charge in [0.05, 0.1) is 0 Å². The number of hydrogen-bond acceptors (Lipinski definition) is 3. The van der Waals surface area contributed by atoms with Crippen molar-refractivity contribution in [2.24, 2.45) is 5.92 Å². The Labute approximate surface area is 83.1 Å². The topological polar surface area (TPSA) is 43.4 Å². The number of carbonyl (C=O) groups excluding carboxylic acids is 2. The molecule has 1 saturated carbocycles. The number of hydrogen-bond donors (Lipinski definition) is 0. The van der Waals surface area contributed by atoms with Gasteiger partial charge in [0.25, 0.3) is 0 Å². The summed E-state index contributed by atoms with van der Waals surface area (Å²) in [7, 11) is 0. The number of ether oxygens (including phenoxy) is 1. The van der Waals surface area contributed by atoms with Gasteiger partial charge >= 0.3 is 5.97 Å². The van der Waals surface area contributed by atoms with Crippen LogP contribution in [0.5, 0.6) is 0 Å². The highest BCUT2D eigenvalue weighted by Gasteiger charge is 2.29. The van der Waals surface area contributed by atoms with Crippen molar-refractivity contribution < 1.29 is 14.3 Å². The first kappa shape index (κ1) is 9.44. The minimum atomic E-state index is -0.272. The van der Waals surface area contributed by atoms with Crippen LogP contribution in [0.4, 0.5) is 0 Å². The van der Waals surface area contributed by atoms with Gasteiger partial charge in [-0.1, -0.05) is 6.42 Å². The van der Waals surface area contributed by atoms with Crippen LogP contribution >= 0.6 is 0 Å². The van der Waals surface area contributed by atoms with E-state index in [0.717, 1.165) is 19.3 Å². The van der Waals surface area contributed by atoms with E-state index < -0.39 is 0 Å². The van der Waals surface area contributed by atoms with Crippen molar-refractivity contribution in [1.82, 2.24) is 0 Å². The zero-order chi connectivity index (χ0) is 9.97. The van der Waals surface area contributed by atoms with Crippen LogP contribution in [0.15, 0.2) is 12.2 Å². The summed E-state index contributed by atoms with van der Waals surface area (Å²) in [5, 5.41) is 0. The van der Waals surface area contributed by atoms with Crippen molar-refractivity contribution >= 4 is 11.8 Å². The summed E-state index contributed by atoms with van der Waals surface area (Å²) in [5.41, 5.74) is 0. The average molecular weight is 194 g/mol. The molecule has 2 rings (SSSR count). The molecule has 14 heavy (non-hydrogen) atoms. The summed E-state index contributed by atoms with van der Waals surface area (Å²) < 4.78 is 5.10. The predicted molar refractivity (Wildman–Crippen MR) is 50.6 cm³/mol. The maximum atomic E-state index is 11.4. The smallest absolute Gasteiger partial charge is 0.331 e. The zero-order valence-electron chi connectivity index (χ0n) is 8.07. The number of ketones is 1. The minimum Gasteiger partial charge on any atom is -0.455 e. The standard InChI is InChI=1S/C11H14O3/c12-9-4-2-1-3-8(7-9)10-5-6-11(13)14-10/h5-6,8,10H,1-4,7H2. The normalized spacial score (nSPS) is 32.9. The summed E-state index contributed by atoms with van der Waals surface area (Å²) in [6.45, 7) is 0. The Hall–Kier alpha value is -1.12. The van der Waals surface area contributed by atoms with Gasteiger partial charge in [-0.15, -0.1) is 0 Å². The van der Waals surface area contributed by atoms with Crippen LogP contribution in [0.1, 0.15) is 32.1 Å². The molecule has 0 aromatic rings. The van der Waals surface area contributed by atoms with Gasteiger partial charge in [0.1, 0.15) is 11.9 Å². The molecule has 1 aliphatic heterocycles. The third kappa shape index (κ3) is 2.03. The minimum absolute atomic E-state index is 0.149. The first-order valence-electron chi connectivity index (χ1n) is 5.16. The average Bonchev–Trinajstić information content (AvgIpc) is 2.45. The lowest BCUT2D eigenvalue weighted by Crippen LogP contribution is -2.21. The van der Waals surface area contributed by atoms with Crippen LogP contribution in [-0.2, 0) is 14.3 Å². The highest BCUT2D eigenvalue weighted by Crippen LogP contribution is 2.27. The van der Waals surface area contributed by atoms with Crippen molar-refractivity contribution in [1.29, 1.82) is 0 Å². The first-order chi connectivity index (χ1) is 6.75. The van der Waals surface area contributed by atoms with E-state index in [1.54, 1.807) is 6.08 Å². The third-order valence-corrected chi connectivity index (χ3v) is 2.91. The van der Waals surface area contributed by atoms with E-state index >= 15 is 0 Å². The molecule has 0 bridgehead atoms. The molecular formula is C11H14O3. The van der Waals surface area contributed by atoms with Crippen molar-refractivity contribution in [3.63, 3.8) is 0 Å². The van der Waals surface area contributed by atoms with Gasteiger partial charge in [-0.25, -0.2) is 4.79 Å². The predicted octanol–water partition coefficient (Wildman–Crippen LogP) is 1.62. The van der Waals surface area contributed by atoms with Crippen molar-refractivity contribution in [2.45, 2.75) is 38.2 Å². The van der Waals surface area contributed by atoms with Crippen LogP contribution in [0.2, 0.25) is 0 Å². The fourth-order valence-electron chi connectivity index (χ4n) is 2.15. The van der Waals surface area contributed by atoms with Gasteiger partial charge < -0.3 is 4.74 Å². The molecule has 76 valence electrons. The quantitative estimate of drug-likeness (QED) is 0.470. The Balaban J connectivity index is 1.99. The van der Waals surface area contributed by atoms with E-state index in [9.17, 15) is 9.59 Å². The lowest BCUT2D eigenvalue weighted by atomic mass is 9.94. The summed E-state index contributed by atoms with van der Waals surface area (Å²) in [5.74, 6) is 0.253. The molecule has 0 radical (unpaired) electrons. The van der Waals surface area contributed by atoms with E-state index in [2.05, 4.69) is 0 Å². The molecule has 2 aliphatic rings. The molecule has 0 aromatic carbocycles. The number of cyclic esters (lactones) is 1. The van der Waals surface area contributed by atoms with Gasteiger partial charge in [0.2, 0.25) is 0 Å². The monoisotopic (exact) mass is 194 g/mol. The molecule has 0 aromatic heterocycles. The third-order valence-electron chi connectivity index (χ3n) is 2.91. The molecule has 0 spiro atoms. The Morgan fingerprint density at radius 1 is 1.29 bits per heavy atom. The summed E-state index contributed by atoms with van der Waals surface area (Å²) in [6.07, 6.45) is 7.41. The van der Waals surface area contributed by atoms with E-state index in [1.165, 1.54) is 6.08 Å². The highest BCUT2D eigenvalue weighted by molar-refractivity contribution is 5.84. The van der Waals surface area contributed by atoms with Crippen LogP contribution in [-0.4, -0.2) is 17.9 Å². The van der Waals surface area contributed by atoms with Gasteiger partial charge in [-0.2, -0.15) is 0 Å². The zero-order valence-corrected chi connectivity index (χ0v) is 8.07. The van der Waals surface area contributed by atoms with Crippen LogP contribution in [0.25, 0.3) is 0 Å². The molecule has 1 fully saturated rings. The Kier molecular flexibility index (Phi) is 2.66. The number of carbonyl (C=O) groups is 2. The summed E-state index contributed by atoms with van der Waals surface area (Å²) in [6, 6.07) is 0. The summed E-state index contributed by atoms with van der Waals surface area (Å²) in [4.78, 5) is 22.2. The lowest BCUT2D eigenvalue weighted by Gasteiger charge is -2.18. The Morgan fingerprint density at radius 3 is 2.86 bits per heavy atom. The van der Waals surface area contributed by atoms with Crippen LogP contribution < -0.4 is 0 Å². The highest BCUT2D eigenvalue weighted by atomic mass is 16.5.